The molecule has 13 heteroatoms. The van der Waals surface area contributed by atoms with E-state index in [9.17, 15) is 19.2 Å². The summed E-state index contributed by atoms with van der Waals surface area (Å²) >= 11 is 0. The smallest absolute Gasteiger partial charge is 0.437 e. The molecule has 290 valence electrons. The number of guanidine groups is 1. The predicted octanol–water partition coefficient (Wildman–Crippen LogP) is 6.20. The van der Waals surface area contributed by atoms with Crippen LogP contribution in [0.25, 0.3) is 0 Å². The van der Waals surface area contributed by atoms with E-state index >= 15 is 0 Å². The number of hydrogen-bond donors (Lipinski definition) is 1. The third-order valence-electron chi connectivity index (χ3n) is 9.03. The predicted molar refractivity (Wildman–Crippen MR) is 196 cm³/mol. The number of rotatable bonds is 9. The van der Waals surface area contributed by atoms with E-state index in [1.165, 1.54) is 0 Å². The minimum Gasteiger partial charge on any atom is -0.460 e. The van der Waals surface area contributed by atoms with Gasteiger partial charge in [0.1, 0.15) is 16.8 Å². The molecule has 0 aromatic carbocycles. The lowest BCUT2D eigenvalue weighted by molar-refractivity contribution is -0.160. The van der Waals surface area contributed by atoms with Gasteiger partial charge in [-0.05, 0) is 127 Å². The number of carbonyl (C=O) groups is 4. The number of nitrogens with zero attached hydrogens (tertiary/aromatic N) is 4. The van der Waals surface area contributed by atoms with Gasteiger partial charge in [-0.25, -0.2) is 9.59 Å². The standard InChI is InChI=1S/C38H65N5O8/c1-36(2,3)49-31(44)26-30(41(10)27-16-12-11-13-17-27)32(45)43-22-15-14-18-28(43)21-25-48-29-19-23-42(24-20-29)33(39-34(46)50-37(4,5)6)40-35(47)51-38(7,8)9/h11-12,27-30H,13-26H2,1-10H3,(H,39,40,46,47)/t27-,28+,30+/m1/s1. The van der Waals surface area contributed by atoms with Crippen LogP contribution in [0, 0.1) is 0 Å². The van der Waals surface area contributed by atoms with Gasteiger partial charge in [-0.1, -0.05) is 12.2 Å². The summed E-state index contributed by atoms with van der Waals surface area (Å²) in [6, 6.07) is -0.372. The van der Waals surface area contributed by atoms with Crippen LogP contribution in [0.5, 0.6) is 0 Å². The molecule has 3 aliphatic rings. The van der Waals surface area contributed by atoms with Crippen molar-refractivity contribution in [3.05, 3.63) is 12.2 Å². The third-order valence-corrected chi connectivity index (χ3v) is 9.03. The molecule has 0 saturated carbocycles. The number of likely N-dealkylation sites (N-methyl/N-ethyl adjacent to an activating group) is 1. The Morgan fingerprint density at radius 1 is 0.843 bits per heavy atom. The van der Waals surface area contributed by atoms with Gasteiger partial charge >= 0.3 is 18.2 Å². The number of hydrogen-bond acceptors (Lipinski definition) is 9. The summed E-state index contributed by atoms with van der Waals surface area (Å²) in [5.74, 6) is -0.281. The van der Waals surface area contributed by atoms with Crippen molar-refractivity contribution in [1.82, 2.24) is 20.0 Å². The Bertz CT molecular complexity index is 1240. The van der Waals surface area contributed by atoms with E-state index < -0.39 is 35.0 Å². The van der Waals surface area contributed by atoms with Crippen LogP contribution in [0.4, 0.5) is 9.59 Å². The van der Waals surface area contributed by atoms with Crippen molar-refractivity contribution in [2.45, 2.75) is 168 Å². The molecule has 0 aromatic rings. The highest BCUT2D eigenvalue weighted by atomic mass is 16.6. The number of carbonyl (C=O) groups excluding carboxylic acids is 4. The van der Waals surface area contributed by atoms with E-state index in [0.717, 1.165) is 38.5 Å². The van der Waals surface area contributed by atoms with E-state index in [4.69, 9.17) is 18.9 Å². The van der Waals surface area contributed by atoms with Gasteiger partial charge in [0, 0.05) is 38.3 Å². The summed E-state index contributed by atoms with van der Waals surface area (Å²) < 4.78 is 22.8. The molecule has 2 aliphatic heterocycles. The lowest BCUT2D eigenvalue weighted by Crippen LogP contribution is -2.55. The molecule has 3 atom stereocenters. The highest BCUT2D eigenvalue weighted by Gasteiger charge is 2.38. The fourth-order valence-corrected chi connectivity index (χ4v) is 6.68. The molecule has 1 N–H and O–H groups in total. The van der Waals surface area contributed by atoms with Crippen LogP contribution in [0.1, 0.15) is 127 Å². The van der Waals surface area contributed by atoms with Crippen LogP contribution in [-0.4, -0.2) is 119 Å². The molecule has 3 rings (SSSR count). The number of aliphatic imine (C=N–C) groups is 1. The minimum absolute atomic E-state index is 0.00906. The maximum atomic E-state index is 14.3. The van der Waals surface area contributed by atoms with Gasteiger partial charge in [-0.3, -0.25) is 19.8 Å². The molecule has 2 fully saturated rings. The Morgan fingerprint density at radius 3 is 2.08 bits per heavy atom. The zero-order valence-corrected chi connectivity index (χ0v) is 32.9. The van der Waals surface area contributed by atoms with Crippen LogP contribution in [-0.2, 0) is 28.5 Å². The van der Waals surface area contributed by atoms with Crippen molar-refractivity contribution >= 4 is 30.0 Å². The van der Waals surface area contributed by atoms with E-state index in [2.05, 4.69) is 27.4 Å². The largest absolute Gasteiger partial charge is 0.460 e. The topological polar surface area (TPSA) is 139 Å². The van der Waals surface area contributed by atoms with Crippen LogP contribution in [0.2, 0.25) is 0 Å². The highest BCUT2D eigenvalue weighted by Crippen LogP contribution is 2.27. The monoisotopic (exact) mass is 719 g/mol. The molecule has 0 radical (unpaired) electrons. The van der Waals surface area contributed by atoms with Crippen molar-refractivity contribution in [2.75, 3.05) is 33.3 Å². The first kappa shape index (κ1) is 42.2. The second-order valence-corrected chi connectivity index (χ2v) is 17.0. The number of nitrogens with one attached hydrogen (secondary N) is 1. The molecule has 0 bridgehead atoms. The first-order valence-corrected chi connectivity index (χ1v) is 18.8. The maximum Gasteiger partial charge on any atom is 0.437 e. The number of esters is 1. The van der Waals surface area contributed by atoms with E-state index in [0.29, 0.717) is 45.5 Å². The summed E-state index contributed by atoms with van der Waals surface area (Å²) in [6.45, 7) is 18.3. The first-order chi connectivity index (χ1) is 23.7. The van der Waals surface area contributed by atoms with Gasteiger partial charge in [-0.2, -0.15) is 0 Å². The summed E-state index contributed by atoms with van der Waals surface area (Å²) in [5.41, 5.74) is -2.08. The SMILES string of the molecule is CN([C@@H]1CC=CCC1)[C@@H](CC(=O)OC(C)(C)C)C(=O)N1CCCC[C@H]1CCOC1CCN(C(=NC(=O)OC(C)(C)C)NC(=O)OC(C)(C)C)CC1. The van der Waals surface area contributed by atoms with Crippen molar-refractivity contribution in [3.63, 3.8) is 0 Å². The molecule has 51 heavy (non-hydrogen) atoms. The average molecular weight is 720 g/mol. The van der Waals surface area contributed by atoms with Gasteiger partial charge in [-0.15, -0.1) is 4.99 Å². The zero-order chi connectivity index (χ0) is 38.0. The third kappa shape index (κ3) is 15.1. The van der Waals surface area contributed by atoms with Crippen LogP contribution in [0.3, 0.4) is 0 Å². The molecule has 0 spiro atoms. The fraction of sp³-hybridized carbons (Fsp3) is 0.816. The van der Waals surface area contributed by atoms with E-state index in [-0.39, 0.29) is 42.4 Å². The summed E-state index contributed by atoms with van der Waals surface area (Å²) in [5, 5.41) is 2.64. The zero-order valence-electron chi connectivity index (χ0n) is 32.9. The number of likely N-dealkylation sites (tertiary alicyclic amines) is 2. The van der Waals surface area contributed by atoms with E-state index in [1.807, 2.05) is 37.6 Å². The number of alkyl carbamates (subject to hydrolysis) is 1. The second-order valence-electron chi connectivity index (χ2n) is 17.0. The minimum atomic E-state index is -0.798. The van der Waals surface area contributed by atoms with Gasteiger partial charge < -0.3 is 28.7 Å². The second kappa shape index (κ2) is 18.5. The normalized spacial score (nSPS) is 21.7. The molecule has 2 saturated heterocycles. The van der Waals surface area contributed by atoms with Gasteiger partial charge in [0.05, 0.1) is 18.6 Å². The molecule has 0 aromatic heterocycles. The number of piperidine rings is 2. The molecule has 1 aliphatic carbocycles. The number of ether oxygens (including phenoxy) is 4. The molecule has 3 amide bonds. The lowest BCUT2D eigenvalue weighted by atomic mass is 9.95. The van der Waals surface area contributed by atoms with Gasteiger partial charge in [0.15, 0.2) is 0 Å². The molecule has 2 heterocycles. The Labute approximate surface area is 305 Å². The summed E-state index contributed by atoms with van der Waals surface area (Å²) in [4.78, 5) is 62.5. The molecule has 0 unspecified atom stereocenters. The van der Waals surface area contributed by atoms with Gasteiger partial charge in [0.25, 0.3) is 0 Å². The van der Waals surface area contributed by atoms with Crippen LogP contribution >= 0.6 is 0 Å². The maximum absolute atomic E-state index is 14.3. The van der Waals surface area contributed by atoms with Crippen molar-refractivity contribution in [2.24, 2.45) is 4.99 Å². The molecule has 13 nitrogen and oxygen atoms in total. The van der Waals surface area contributed by atoms with Crippen LogP contribution < -0.4 is 5.32 Å². The molecular formula is C38H65N5O8. The first-order valence-electron chi connectivity index (χ1n) is 18.8. The van der Waals surface area contributed by atoms with Crippen molar-refractivity contribution < 1.29 is 38.1 Å². The number of amides is 3. The fourth-order valence-electron chi connectivity index (χ4n) is 6.68. The van der Waals surface area contributed by atoms with Crippen molar-refractivity contribution in [3.8, 4) is 0 Å². The average Bonchev–Trinajstić information content (AvgIpc) is 3.01. The van der Waals surface area contributed by atoms with Crippen LogP contribution in [0.15, 0.2) is 17.1 Å². The van der Waals surface area contributed by atoms with Crippen molar-refractivity contribution in [1.29, 1.82) is 0 Å². The Kier molecular flexibility index (Phi) is 15.3. The molecular weight excluding hydrogens is 654 g/mol. The number of allylic oxidation sites excluding steroid dienone is 1. The Hall–Kier alpha value is -3.19. The quantitative estimate of drug-likeness (QED) is 0.0964. The Balaban J connectivity index is 1.61. The Morgan fingerprint density at radius 2 is 1.49 bits per heavy atom. The van der Waals surface area contributed by atoms with Gasteiger partial charge in [0.2, 0.25) is 11.9 Å². The van der Waals surface area contributed by atoms with E-state index in [1.54, 1.807) is 41.5 Å². The highest BCUT2D eigenvalue weighted by molar-refractivity contribution is 5.99. The summed E-state index contributed by atoms with van der Waals surface area (Å²) in [6.07, 6.45) is 10.5. The summed E-state index contributed by atoms with van der Waals surface area (Å²) in [7, 11) is 1.97. The lowest BCUT2D eigenvalue weighted by Gasteiger charge is -2.42.